The number of thiophene rings is 1. The lowest BCUT2D eigenvalue weighted by molar-refractivity contribution is -0.124. The minimum atomic E-state index is -0.428. The van der Waals surface area contributed by atoms with Crippen molar-refractivity contribution in [3.05, 3.63) is 57.8 Å². The van der Waals surface area contributed by atoms with Crippen LogP contribution in [0.5, 0.6) is 0 Å². The molecule has 0 unspecified atom stereocenters. The van der Waals surface area contributed by atoms with Gasteiger partial charge in [-0.15, -0.1) is 11.3 Å². The number of hydrogen-bond acceptors (Lipinski definition) is 4. The Kier molecular flexibility index (Phi) is 7.67. The number of ether oxygens (including phenoxy) is 1. The predicted octanol–water partition coefficient (Wildman–Crippen LogP) is 4.62. The van der Waals surface area contributed by atoms with E-state index in [9.17, 15) is 9.59 Å². The second-order valence-electron chi connectivity index (χ2n) is 8.44. The Morgan fingerprint density at radius 1 is 1.17 bits per heavy atom. The molecule has 6 heteroatoms. The van der Waals surface area contributed by atoms with Gasteiger partial charge in [0.2, 0.25) is 5.91 Å². The second kappa shape index (κ2) is 10.2. The Balaban J connectivity index is 1.91. The minimum absolute atomic E-state index is 0.00656. The minimum Gasteiger partial charge on any atom is -0.379 e. The summed E-state index contributed by atoms with van der Waals surface area (Å²) in [5, 5.41) is 5.10. The number of nitrogens with zero attached hydrogens (tertiary/aromatic N) is 1. The van der Waals surface area contributed by atoms with Gasteiger partial charge in [0.25, 0.3) is 5.91 Å². The van der Waals surface area contributed by atoms with E-state index in [1.807, 2.05) is 60.5 Å². The standard InChI is InChI=1S/C24H32N2O3S/c1-16(2)15-26-22(20-11-7-14-30-20)21(18-9-5-6-10-19(18)24(26)28)23(27)25-12-8-13-29-17(3)4/h5-7,9-11,14,16-17,21-22H,8,12-13,15H2,1-4H3,(H,25,27)/t21-,22+/m0/s1. The Morgan fingerprint density at radius 2 is 1.93 bits per heavy atom. The summed E-state index contributed by atoms with van der Waals surface area (Å²) in [7, 11) is 0. The van der Waals surface area contributed by atoms with Crippen LogP contribution in [0.15, 0.2) is 41.8 Å². The molecule has 0 bridgehead atoms. The van der Waals surface area contributed by atoms with E-state index < -0.39 is 5.92 Å². The third kappa shape index (κ3) is 5.10. The predicted molar refractivity (Wildman–Crippen MR) is 121 cm³/mol. The first-order chi connectivity index (χ1) is 14.4. The van der Waals surface area contributed by atoms with E-state index in [0.717, 1.165) is 16.9 Å². The quantitative estimate of drug-likeness (QED) is 0.593. The fourth-order valence-corrected chi connectivity index (χ4v) is 4.83. The Bertz CT molecular complexity index is 848. The fraction of sp³-hybridized carbons (Fsp3) is 0.500. The van der Waals surface area contributed by atoms with E-state index in [2.05, 4.69) is 19.2 Å². The maximum absolute atomic E-state index is 13.4. The third-order valence-electron chi connectivity index (χ3n) is 5.19. The topological polar surface area (TPSA) is 58.6 Å². The lowest BCUT2D eigenvalue weighted by Gasteiger charge is -2.42. The molecule has 0 saturated heterocycles. The largest absolute Gasteiger partial charge is 0.379 e. The molecule has 1 N–H and O–H groups in total. The van der Waals surface area contributed by atoms with Crippen molar-refractivity contribution >= 4 is 23.2 Å². The van der Waals surface area contributed by atoms with Gasteiger partial charge < -0.3 is 15.0 Å². The molecule has 2 heterocycles. The number of hydrogen-bond donors (Lipinski definition) is 1. The van der Waals surface area contributed by atoms with E-state index in [-0.39, 0.29) is 24.0 Å². The number of carbonyl (C=O) groups is 2. The van der Waals surface area contributed by atoms with Crippen molar-refractivity contribution in [1.82, 2.24) is 10.2 Å². The normalized spacial score (nSPS) is 18.7. The zero-order chi connectivity index (χ0) is 21.7. The highest BCUT2D eigenvalue weighted by Gasteiger charge is 2.44. The highest BCUT2D eigenvalue weighted by molar-refractivity contribution is 7.10. The molecule has 1 aliphatic rings. The summed E-state index contributed by atoms with van der Waals surface area (Å²) in [6.45, 7) is 9.99. The number of amides is 2. The van der Waals surface area contributed by atoms with Crippen molar-refractivity contribution in [2.24, 2.45) is 5.92 Å². The molecule has 1 aromatic carbocycles. The van der Waals surface area contributed by atoms with E-state index in [1.165, 1.54) is 0 Å². The zero-order valence-corrected chi connectivity index (χ0v) is 19.1. The van der Waals surface area contributed by atoms with Crippen LogP contribution in [-0.4, -0.2) is 42.5 Å². The van der Waals surface area contributed by atoms with Crippen LogP contribution in [0.1, 0.15) is 66.9 Å². The lowest BCUT2D eigenvalue weighted by atomic mass is 9.81. The molecule has 3 rings (SSSR count). The number of nitrogens with one attached hydrogen (secondary N) is 1. The summed E-state index contributed by atoms with van der Waals surface area (Å²) < 4.78 is 5.58. The van der Waals surface area contributed by atoms with Crippen LogP contribution in [-0.2, 0) is 9.53 Å². The molecule has 1 aromatic heterocycles. The van der Waals surface area contributed by atoms with E-state index in [4.69, 9.17) is 4.74 Å². The van der Waals surface area contributed by atoms with Crippen molar-refractivity contribution in [1.29, 1.82) is 0 Å². The average Bonchev–Trinajstić information content (AvgIpc) is 3.23. The van der Waals surface area contributed by atoms with E-state index >= 15 is 0 Å². The van der Waals surface area contributed by atoms with Gasteiger partial charge in [0.15, 0.2) is 0 Å². The zero-order valence-electron chi connectivity index (χ0n) is 18.3. The highest BCUT2D eigenvalue weighted by Crippen LogP contribution is 2.44. The monoisotopic (exact) mass is 428 g/mol. The van der Waals surface area contributed by atoms with Crippen molar-refractivity contribution in [2.75, 3.05) is 19.7 Å². The average molecular weight is 429 g/mol. The number of carbonyl (C=O) groups excluding carboxylic acids is 2. The number of fused-ring (bicyclic) bond motifs is 1. The molecule has 162 valence electrons. The lowest BCUT2D eigenvalue weighted by Crippen LogP contribution is -2.48. The summed E-state index contributed by atoms with van der Waals surface area (Å²) in [6.07, 6.45) is 0.945. The Morgan fingerprint density at radius 3 is 2.60 bits per heavy atom. The van der Waals surface area contributed by atoms with Crippen LogP contribution >= 0.6 is 11.3 Å². The first-order valence-corrected chi connectivity index (χ1v) is 11.6. The van der Waals surface area contributed by atoms with Crippen molar-refractivity contribution in [3.8, 4) is 0 Å². The number of rotatable bonds is 9. The van der Waals surface area contributed by atoms with E-state index in [0.29, 0.717) is 31.2 Å². The molecule has 0 spiro atoms. The Labute approximate surface area is 183 Å². The summed E-state index contributed by atoms with van der Waals surface area (Å²) in [6, 6.07) is 11.3. The van der Waals surface area contributed by atoms with Gasteiger partial charge in [0.05, 0.1) is 18.1 Å². The summed E-state index contributed by atoms with van der Waals surface area (Å²) in [5.41, 5.74) is 1.45. The molecule has 0 saturated carbocycles. The smallest absolute Gasteiger partial charge is 0.254 e. The van der Waals surface area contributed by atoms with Gasteiger partial charge in [-0.25, -0.2) is 0 Å². The van der Waals surface area contributed by atoms with Gasteiger partial charge in [-0.05, 0) is 49.3 Å². The molecular weight excluding hydrogens is 396 g/mol. The van der Waals surface area contributed by atoms with Crippen LogP contribution in [0.2, 0.25) is 0 Å². The third-order valence-corrected chi connectivity index (χ3v) is 6.13. The van der Waals surface area contributed by atoms with Gasteiger partial charge in [-0.2, -0.15) is 0 Å². The van der Waals surface area contributed by atoms with Gasteiger partial charge in [-0.1, -0.05) is 38.1 Å². The first-order valence-electron chi connectivity index (χ1n) is 10.7. The maximum atomic E-state index is 13.4. The maximum Gasteiger partial charge on any atom is 0.254 e. The van der Waals surface area contributed by atoms with Crippen LogP contribution < -0.4 is 5.32 Å². The summed E-state index contributed by atoms with van der Waals surface area (Å²) in [4.78, 5) is 29.7. The molecule has 30 heavy (non-hydrogen) atoms. The van der Waals surface area contributed by atoms with Crippen molar-refractivity contribution < 1.29 is 14.3 Å². The molecular formula is C24H32N2O3S. The molecule has 0 aliphatic carbocycles. The van der Waals surface area contributed by atoms with Crippen LogP contribution in [0, 0.1) is 5.92 Å². The van der Waals surface area contributed by atoms with Gasteiger partial charge in [0, 0.05) is 30.1 Å². The summed E-state index contributed by atoms with van der Waals surface area (Å²) in [5.74, 6) is -0.153. The SMILES string of the molecule is CC(C)CN1C(=O)c2ccccc2[C@H](C(=O)NCCCOC(C)C)[C@H]1c1cccs1. The molecule has 2 atom stereocenters. The molecule has 0 fully saturated rings. The van der Waals surface area contributed by atoms with Gasteiger partial charge >= 0.3 is 0 Å². The molecule has 0 radical (unpaired) electrons. The molecule has 2 amide bonds. The second-order valence-corrected chi connectivity index (χ2v) is 9.42. The van der Waals surface area contributed by atoms with Gasteiger partial charge in [-0.3, -0.25) is 9.59 Å². The molecule has 5 nitrogen and oxygen atoms in total. The van der Waals surface area contributed by atoms with Crippen LogP contribution in [0.4, 0.5) is 0 Å². The first kappa shape index (κ1) is 22.5. The fourth-order valence-electron chi connectivity index (χ4n) is 3.96. The van der Waals surface area contributed by atoms with Crippen LogP contribution in [0.25, 0.3) is 0 Å². The van der Waals surface area contributed by atoms with Crippen molar-refractivity contribution in [3.63, 3.8) is 0 Å². The highest BCUT2D eigenvalue weighted by atomic mass is 32.1. The summed E-state index contributed by atoms with van der Waals surface area (Å²) >= 11 is 1.60. The van der Waals surface area contributed by atoms with Gasteiger partial charge in [0.1, 0.15) is 0 Å². The molecule has 1 aliphatic heterocycles. The van der Waals surface area contributed by atoms with E-state index in [1.54, 1.807) is 11.3 Å². The number of benzene rings is 1. The Hall–Kier alpha value is -2.18. The molecule has 2 aromatic rings. The van der Waals surface area contributed by atoms with Crippen LogP contribution in [0.3, 0.4) is 0 Å². The van der Waals surface area contributed by atoms with Crippen molar-refractivity contribution in [2.45, 2.75) is 52.2 Å².